The molecule has 1 atom stereocenters. The predicted molar refractivity (Wildman–Crippen MR) is 55.5 cm³/mol. The third-order valence-corrected chi connectivity index (χ3v) is 4.13. The molecule has 15 heteroatoms. The highest BCUT2D eigenvalue weighted by molar-refractivity contribution is 6.08. The lowest BCUT2D eigenvalue weighted by atomic mass is 9.60. The van der Waals surface area contributed by atoms with E-state index in [0.29, 0.717) is 0 Å². The van der Waals surface area contributed by atoms with Crippen molar-refractivity contribution >= 4 is 5.71 Å². The average Bonchev–Trinajstić information content (AvgIpc) is 2.43. The van der Waals surface area contributed by atoms with Crippen LogP contribution in [-0.4, -0.2) is 46.8 Å². The van der Waals surface area contributed by atoms with E-state index in [-0.39, 0.29) is 0 Å². The first-order valence-electron chi connectivity index (χ1n) is 5.85. The number of nitrogens with one attached hydrogen (secondary N) is 1. The lowest BCUT2D eigenvalue weighted by Crippen LogP contribution is -2.87. The molecule has 1 saturated carbocycles. The number of halogens is 12. The Balaban J connectivity index is 3.11. The minimum Gasteiger partial charge on any atom is -0.397 e. The van der Waals surface area contributed by atoms with Gasteiger partial charge in [0.15, 0.2) is 5.54 Å². The van der Waals surface area contributed by atoms with Crippen LogP contribution in [0.15, 0.2) is 11.3 Å². The van der Waals surface area contributed by atoms with Crippen LogP contribution < -0.4 is 11.5 Å². The second kappa shape index (κ2) is 4.17. The second-order valence-electron chi connectivity index (χ2n) is 5.42. The third kappa shape index (κ3) is 1.50. The van der Waals surface area contributed by atoms with Crippen LogP contribution in [0.4, 0.5) is 52.7 Å². The van der Waals surface area contributed by atoms with Crippen molar-refractivity contribution in [2.24, 2.45) is 11.5 Å². The Morgan fingerprint density at radius 1 is 0.600 bits per heavy atom. The molecular weight excluding hydrogens is 390 g/mol. The van der Waals surface area contributed by atoms with Crippen LogP contribution in [0, 0.1) is 5.41 Å². The Bertz CT molecular complexity index is 693. The zero-order valence-corrected chi connectivity index (χ0v) is 11.2. The van der Waals surface area contributed by atoms with Gasteiger partial charge in [0.25, 0.3) is 0 Å². The largest absolute Gasteiger partial charge is 0.397 e. The van der Waals surface area contributed by atoms with Gasteiger partial charge in [-0.15, -0.1) is 0 Å². The van der Waals surface area contributed by atoms with Gasteiger partial charge in [-0.3, -0.25) is 5.41 Å². The van der Waals surface area contributed by atoms with Crippen LogP contribution >= 0.6 is 0 Å². The number of hydrogen-bond donors (Lipinski definition) is 3. The van der Waals surface area contributed by atoms with Gasteiger partial charge < -0.3 is 11.5 Å². The molecule has 0 amide bonds. The van der Waals surface area contributed by atoms with E-state index in [1.54, 1.807) is 0 Å². The van der Waals surface area contributed by atoms with Gasteiger partial charge in [0, 0.05) is 5.57 Å². The van der Waals surface area contributed by atoms with Crippen molar-refractivity contribution in [1.82, 2.24) is 0 Å². The summed E-state index contributed by atoms with van der Waals surface area (Å²) in [6.07, 6.45) is 0. The number of allylic oxidation sites excluding steroid dienone is 1. The summed E-state index contributed by atoms with van der Waals surface area (Å²) in [6.45, 7) is 0. The van der Waals surface area contributed by atoms with Gasteiger partial charge >= 0.3 is 35.5 Å². The smallest absolute Gasteiger partial charge is 0.380 e. The number of fused-ring (bicyclic) bond motifs is 1. The molecule has 0 aliphatic heterocycles. The van der Waals surface area contributed by atoms with Crippen molar-refractivity contribution in [1.29, 1.82) is 5.41 Å². The lowest BCUT2D eigenvalue weighted by Gasteiger charge is -2.56. The van der Waals surface area contributed by atoms with Gasteiger partial charge in [-0.1, -0.05) is 0 Å². The zero-order chi connectivity index (χ0) is 20.2. The van der Waals surface area contributed by atoms with Gasteiger partial charge in [0.1, 0.15) is 5.71 Å². The molecule has 0 aromatic carbocycles. The van der Waals surface area contributed by atoms with Crippen molar-refractivity contribution in [2.45, 2.75) is 41.1 Å². The van der Waals surface area contributed by atoms with Crippen LogP contribution in [0.5, 0.6) is 0 Å². The molecule has 5 N–H and O–H groups in total. The number of alkyl halides is 12. The average molecular weight is 395 g/mol. The monoisotopic (exact) mass is 395 g/mol. The summed E-state index contributed by atoms with van der Waals surface area (Å²) in [5, 5.41) is 6.69. The van der Waals surface area contributed by atoms with Crippen LogP contribution in [0.3, 0.4) is 0 Å². The Hall–Kier alpha value is -1.67. The van der Waals surface area contributed by atoms with Crippen LogP contribution in [0.25, 0.3) is 0 Å². The SMILES string of the molecule is N=C1C2=C(N)C(F)(F)C(F)(F)C(F)(F)C2(N)C(F)(F)C(F)(F)C1(F)F. The van der Waals surface area contributed by atoms with E-state index < -0.39 is 58.1 Å². The molecule has 144 valence electrons. The fourth-order valence-corrected chi connectivity index (χ4v) is 2.59. The highest BCUT2D eigenvalue weighted by Gasteiger charge is 2.96. The van der Waals surface area contributed by atoms with Crippen molar-refractivity contribution < 1.29 is 52.7 Å². The first-order chi connectivity index (χ1) is 10.7. The Labute approximate surface area is 129 Å². The molecular formula is C10H5F12N3. The van der Waals surface area contributed by atoms with Crippen LogP contribution in [0.2, 0.25) is 0 Å². The lowest BCUT2D eigenvalue weighted by molar-refractivity contribution is -0.382. The van der Waals surface area contributed by atoms with Gasteiger partial charge in [-0.2, -0.15) is 52.7 Å². The van der Waals surface area contributed by atoms with Gasteiger partial charge in [0.05, 0.1) is 5.70 Å². The molecule has 1 unspecified atom stereocenters. The van der Waals surface area contributed by atoms with Crippen molar-refractivity contribution in [2.75, 3.05) is 0 Å². The van der Waals surface area contributed by atoms with E-state index in [4.69, 9.17) is 5.41 Å². The molecule has 0 aromatic rings. The Kier molecular flexibility index (Phi) is 3.28. The van der Waals surface area contributed by atoms with Crippen molar-refractivity contribution in [3.05, 3.63) is 11.3 Å². The van der Waals surface area contributed by atoms with E-state index in [1.165, 1.54) is 0 Å². The summed E-state index contributed by atoms with van der Waals surface area (Å²) in [5.74, 6) is -40.1. The quantitative estimate of drug-likeness (QED) is 0.552. The van der Waals surface area contributed by atoms with E-state index in [0.717, 1.165) is 0 Å². The van der Waals surface area contributed by atoms with Gasteiger partial charge in [-0.25, -0.2) is 0 Å². The van der Waals surface area contributed by atoms with E-state index in [9.17, 15) is 52.7 Å². The first-order valence-corrected chi connectivity index (χ1v) is 5.85. The van der Waals surface area contributed by atoms with E-state index in [2.05, 4.69) is 11.5 Å². The minimum atomic E-state index is -6.89. The third-order valence-electron chi connectivity index (χ3n) is 4.13. The molecule has 2 rings (SSSR count). The van der Waals surface area contributed by atoms with Gasteiger partial charge in [0.2, 0.25) is 0 Å². The molecule has 0 aromatic heterocycles. The van der Waals surface area contributed by atoms with Crippen molar-refractivity contribution in [3.63, 3.8) is 0 Å². The standard InChI is InChI=1S/C10H5F12N3/c11-5(12)2(23)1-3(24)6(13,14)10(21,22)8(17,18)4(1,25)7(15,16)9(5,19)20/h23H,24-25H2. The maximum atomic E-state index is 13.8. The second-order valence-corrected chi connectivity index (χ2v) is 5.42. The number of hydrogen-bond acceptors (Lipinski definition) is 3. The summed E-state index contributed by atoms with van der Waals surface area (Å²) in [4.78, 5) is 0. The summed E-state index contributed by atoms with van der Waals surface area (Å²) in [5.41, 5.74) is -6.51. The van der Waals surface area contributed by atoms with E-state index >= 15 is 0 Å². The summed E-state index contributed by atoms with van der Waals surface area (Å²) in [7, 11) is 0. The highest BCUT2D eigenvalue weighted by atomic mass is 19.4. The van der Waals surface area contributed by atoms with Crippen LogP contribution in [-0.2, 0) is 0 Å². The summed E-state index contributed by atoms with van der Waals surface area (Å²) < 4.78 is 163. The summed E-state index contributed by atoms with van der Waals surface area (Å²) >= 11 is 0. The minimum absolute atomic E-state index is 3.05. The van der Waals surface area contributed by atoms with E-state index in [1.807, 2.05) is 0 Å². The van der Waals surface area contributed by atoms with Crippen molar-refractivity contribution in [3.8, 4) is 0 Å². The fraction of sp³-hybridized carbons (Fsp3) is 0.700. The molecule has 3 nitrogen and oxygen atoms in total. The maximum Gasteiger partial charge on any atom is 0.380 e. The van der Waals surface area contributed by atoms with Gasteiger partial charge in [-0.05, 0) is 0 Å². The first kappa shape index (κ1) is 19.7. The molecule has 0 radical (unpaired) electrons. The molecule has 2 aliphatic carbocycles. The highest BCUT2D eigenvalue weighted by Crippen LogP contribution is 2.68. The Morgan fingerprint density at radius 2 is 0.920 bits per heavy atom. The normalized spacial score (nSPS) is 36.8. The molecule has 0 bridgehead atoms. The fourth-order valence-electron chi connectivity index (χ4n) is 2.59. The topological polar surface area (TPSA) is 75.9 Å². The molecule has 2 aliphatic rings. The molecule has 0 spiro atoms. The summed E-state index contributed by atoms with van der Waals surface area (Å²) in [6, 6.07) is 0. The number of nitrogens with two attached hydrogens (primary N) is 2. The Morgan fingerprint density at radius 3 is 1.28 bits per heavy atom. The molecule has 1 fully saturated rings. The van der Waals surface area contributed by atoms with Crippen LogP contribution in [0.1, 0.15) is 0 Å². The molecule has 0 saturated heterocycles. The molecule has 25 heavy (non-hydrogen) atoms. The molecule has 0 heterocycles. The maximum absolute atomic E-state index is 13.8. The number of rotatable bonds is 0. The predicted octanol–water partition coefficient (Wildman–Crippen LogP) is 2.76. The zero-order valence-electron chi connectivity index (χ0n) is 11.2.